The molecule has 0 amide bonds. The molecule has 5 heterocycles. The number of aromatic nitrogens is 2. The van der Waals surface area contributed by atoms with Crippen molar-refractivity contribution in [2.45, 2.75) is 45.3 Å². The van der Waals surface area contributed by atoms with Gasteiger partial charge in [-0.1, -0.05) is 0 Å². The summed E-state index contributed by atoms with van der Waals surface area (Å²) < 4.78 is 247. The van der Waals surface area contributed by atoms with Crippen LogP contribution in [0.25, 0.3) is 22.3 Å². The van der Waals surface area contributed by atoms with E-state index >= 15 is 35.1 Å². The van der Waals surface area contributed by atoms with Gasteiger partial charge in [0.1, 0.15) is 42.9 Å². The van der Waals surface area contributed by atoms with Crippen molar-refractivity contribution in [2.75, 3.05) is 28.2 Å². The zero-order valence-corrected chi connectivity index (χ0v) is 42.9. The van der Waals surface area contributed by atoms with Gasteiger partial charge in [-0.25, -0.2) is 87.7 Å². The van der Waals surface area contributed by atoms with E-state index < -0.39 is 151 Å². The lowest BCUT2D eigenvalue weighted by molar-refractivity contribution is 0.539. The number of fused-ring (bicyclic) bond motifs is 8. The molecular formula is C48H40F8N8O8S4. The van der Waals surface area contributed by atoms with Crippen molar-refractivity contribution >= 4 is 62.4 Å². The number of allylic oxidation sites excluding steroid dienone is 4. The highest BCUT2D eigenvalue weighted by molar-refractivity contribution is 7.90. The molecule has 3 aliphatic rings. The van der Waals surface area contributed by atoms with E-state index in [0.29, 0.717) is 48.5 Å². The lowest BCUT2D eigenvalue weighted by Gasteiger charge is -2.19. The lowest BCUT2D eigenvalue weighted by Crippen LogP contribution is -2.21. The Labute approximate surface area is 429 Å². The predicted octanol–water partition coefficient (Wildman–Crippen LogP) is 6.61. The predicted molar refractivity (Wildman–Crippen MR) is 261 cm³/mol. The maximum absolute atomic E-state index is 17.0. The van der Waals surface area contributed by atoms with Gasteiger partial charge in [-0.05, 0) is 127 Å². The first kappa shape index (κ1) is 53.9. The summed E-state index contributed by atoms with van der Waals surface area (Å²) in [5.74, 6) is -12.0. The van der Waals surface area contributed by atoms with Crippen molar-refractivity contribution in [2.24, 2.45) is 0 Å². The van der Waals surface area contributed by atoms with Gasteiger partial charge in [-0.3, -0.25) is 0 Å². The molecule has 400 valence electrons. The van der Waals surface area contributed by atoms with E-state index in [1.807, 2.05) is 18.9 Å². The molecule has 2 saturated heterocycles. The Balaban J connectivity index is 1.46. The van der Waals surface area contributed by atoms with Crippen molar-refractivity contribution in [3.8, 4) is 0 Å². The Kier molecular flexibility index (Phi) is 13.9. The van der Waals surface area contributed by atoms with Gasteiger partial charge in [-0.15, -0.1) is 0 Å². The molecule has 0 aliphatic carbocycles. The summed E-state index contributed by atoms with van der Waals surface area (Å²) >= 11 is 0. The Bertz CT molecular complexity index is 3600. The van der Waals surface area contributed by atoms with Gasteiger partial charge >= 0.3 is 0 Å². The van der Waals surface area contributed by atoms with Gasteiger partial charge in [-0.2, -0.15) is 0 Å². The summed E-state index contributed by atoms with van der Waals surface area (Å²) in [6.07, 6.45) is -1.35. The zero-order chi connectivity index (χ0) is 55.1. The topological polar surface area (TPSA) is 240 Å². The molecule has 0 unspecified atom stereocenters. The summed E-state index contributed by atoms with van der Waals surface area (Å²) in [4.78, 5) is 1.59. The lowest BCUT2D eigenvalue weighted by atomic mass is 9.97. The number of hydrogen-bond donors (Lipinski definition) is 8. The third-order valence-electron chi connectivity index (χ3n) is 13.0. The summed E-state index contributed by atoms with van der Waals surface area (Å²) in [6.45, 7) is 0. The van der Waals surface area contributed by atoms with Crippen molar-refractivity contribution in [3.63, 3.8) is 0 Å². The van der Waals surface area contributed by atoms with Crippen molar-refractivity contribution in [3.05, 3.63) is 187 Å². The Morgan fingerprint density at radius 1 is 0.329 bits per heavy atom. The first-order valence-electron chi connectivity index (χ1n) is 22.4. The van der Waals surface area contributed by atoms with E-state index in [2.05, 4.69) is 20.6 Å². The van der Waals surface area contributed by atoms with Crippen LogP contribution in [0.1, 0.15) is 70.7 Å². The van der Waals surface area contributed by atoms with Crippen molar-refractivity contribution in [1.29, 1.82) is 0 Å². The van der Waals surface area contributed by atoms with Gasteiger partial charge in [0.2, 0.25) is 40.1 Å². The highest BCUT2D eigenvalue weighted by Crippen LogP contribution is 2.45. The standard InChI is InChI=1S/C48H40F8N8O8S4/c1-57-73(65,66)33-17-5-21(49)37(45(33)53)41-25-9-11-27(61-25)42(38-22(50)6-18-34(46(38)54)74(67,68)58-2)29-13-15-31(63-29)44(40-24(52)8-20-36(48(40)56)76(71,72)60-4)32-16-14-30(64-32)43(28-12-10-26(41)62-28)39-23(51)7-19-35(47(39)55)75(69,70)59-3/h5-9,11,14,16-20,57-64H,10,12-13,15H2,1-4H3. The van der Waals surface area contributed by atoms with E-state index in [4.69, 9.17) is 0 Å². The molecule has 28 heteroatoms. The largest absolute Gasteiger partial charge is 0.361 e. The molecule has 2 fully saturated rings. The number of benzene rings is 4. The van der Waals surface area contributed by atoms with Crippen LogP contribution < -0.4 is 29.5 Å². The third kappa shape index (κ3) is 8.93. The van der Waals surface area contributed by atoms with E-state index in [-0.39, 0.29) is 71.2 Å². The zero-order valence-electron chi connectivity index (χ0n) is 39.7. The number of aromatic amines is 2. The molecule has 16 nitrogen and oxygen atoms in total. The Morgan fingerprint density at radius 3 is 0.711 bits per heavy atom. The maximum Gasteiger partial charge on any atom is 0.243 e. The minimum absolute atomic E-state index is 0.196. The number of hydrogen-bond acceptors (Lipinski definition) is 10. The number of H-pyrrole nitrogens is 2. The van der Waals surface area contributed by atoms with Crippen LogP contribution in [0.3, 0.4) is 0 Å². The molecular weight excluding hydrogens is 1100 g/mol. The molecule has 0 atom stereocenters. The van der Waals surface area contributed by atoms with Gasteiger partial charge in [0.25, 0.3) is 0 Å². The molecule has 6 aromatic rings. The Morgan fingerprint density at radius 2 is 0.526 bits per heavy atom. The van der Waals surface area contributed by atoms with Gasteiger partial charge in [0.05, 0.1) is 22.3 Å². The van der Waals surface area contributed by atoms with E-state index in [1.54, 1.807) is 0 Å². The molecule has 0 spiro atoms. The maximum atomic E-state index is 17.0. The molecule has 2 aromatic heterocycles. The van der Waals surface area contributed by atoms with Crippen LogP contribution in [0, 0.1) is 46.5 Å². The first-order valence-corrected chi connectivity index (χ1v) is 28.3. The van der Waals surface area contributed by atoms with Gasteiger partial charge in [0.15, 0.2) is 23.3 Å². The molecule has 4 aromatic carbocycles. The van der Waals surface area contributed by atoms with Gasteiger partial charge in [0, 0.05) is 67.9 Å². The normalized spacial score (nSPS) is 15.5. The summed E-state index contributed by atoms with van der Waals surface area (Å²) in [5, 5.41) is 5.87. The van der Waals surface area contributed by atoms with Crippen LogP contribution in [-0.4, -0.2) is 71.8 Å². The van der Waals surface area contributed by atoms with Crippen LogP contribution in [-0.2, 0) is 40.1 Å². The second-order valence-corrected chi connectivity index (χ2v) is 24.4. The molecule has 0 saturated carbocycles. The highest BCUT2D eigenvalue weighted by atomic mass is 32.2. The molecule has 76 heavy (non-hydrogen) atoms. The summed E-state index contributed by atoms with van der Waals surface area (Å²) in [5.41, 5.74) is -8.03. The number of sulfonamides is 4. The minimum atomic E-state index is -4.68. The molecule has 0 radical (unpaired) electrons. The fourth-order valence-electron chi connectivity index (χ4n) is 9.35. The Hall–Kier alpha value is -6.92. The van der Waals surface area contributed by atoms with Crippen LogP contribution in [0.5, 0.6) is 0 Å². The fourth-order valence-corrected chi connectivity index (χ4v) is 12.6. The molecule has 8 N–H and O–H groups in total. The highest BCUT2D eigenvalue weighted by Gasteiger charge is 2.37. The number of halogens is 8. The number of rotatable bonds is 12. The second-order valence-electron chi connectivity index (χ2n) is 17.0. The summed E-state index contributed by atoms with van der Waals surface area (Å²) in [6, 6.07) is 9.82. The minimum Gasteiger partial charge on any atom is -0.361 e. The molecule has 8 bridgehead atoms. The van der Waals surface area contributed by atoms with Gasteiger partial charge < -0.3 is 20.6 Å². The van der Waals surface area contributed by atoms with Crippen LogP contribution in [0.2, 0.25) is 0 Å². The van der Waals surface area contributed by atoms with E-state index in [9.17, 15) is 33.7 Å². The second kappa shape index (κ2) is 19.6. The van der Waals surface area contributed by atoms with Crippen LogP contribution >= 0.6 is 0 Å². The van der Waals surface area contributed by atoms with Crippen molar-refractivity contribution < 1.29 is 68.8 Å². The monoisotopic (exact) mass is 1140 g/mol. The van der Waals surface area contributed by atoms with Crippen LogP contribution in [0.15, 0.2) is 115 Å². The average Bonchev–Trinajstić information content (AvgIpc) is 4.26. The van der Waals surface area contributed by atoms with Crippen LogP contribution in [0.4, 0.5) is 35.1 Å². The van der Waals surface area contributed by atoms with E-state index in [1.165, 1.54) is 24.3 Å². The molecule has 9 rings (SSSR count). The van der Waals surface area contributed by atoms with Crippen molar-refractivity contribution in [1.82, 2.24) is 39.5 Å². The SMILES string of the molecule is CNS(=O)(=O)c1ccc(F)c(C2=C3CCC(=C(c4c(F)ccc(S(=O)(=O)NC)c4F)c4ccc([nH]4)C(c4c(F)ccc(S(=O)(=O)NC)c4F)=C4CCC(=C(c5c(F)ccc(S(=O)(=O)NC)c5F)c5ccc2[nH]5)N4)N3)c1F. The van der Waals surface area contributed by atoms with E-state index in [0.717, 1.165) is 28.2 Å². The number of nitrogens with one attached hydrogen (secondary N) is 8. The smallest absolute Gasteiger partial charge is 0.243 e. The quantitative estimate of drug-likeness (QED) is 0.0611. The first-order chi connectivity index (χ1) is 35.8. The third-order valence-corrected chi connectivity index (χ3v) is 18.7. The summed E-state index contributed by atoms with van der Waals surface area (Å²) in [7, 11) is -14.9. The fraction of sp³-hybridized carbons (Fsp3) is 0.167. The average molecular weight is 1140 g/mol. The molecule has 3 aliphatic heterocycles.